The Kier molecular flexibility index (Phi) is 4.61. The molecule has 0 spiro atoms. The second kappa shape index (κ2) is 6.84. The highest BCUT2D eigenvalue weighted by Crippen LogP contribution is 2.31. The van der Waals surface area contributed by atoms with Gasteiger partial charge in [0.2, 0.25) is 0 Å². The number of nitrogens with one attached hydrogen (secondary N) is 1. The predicted molar refractivity (Wildman–Crippen MR) is 90.9 cm³/mol. The van der Waals surface area contributed by atoms with E-state index < -0.39 is 0 Å². The van der Waals surface area contributed by atoms with Gasteiger partial charge < -0.3 is 14.5 Å². The summed E-state index contributed by atoms with van der Waals surface area (Å²) in [5, 5.41) is 3.42. The van der Waals surface area contributed by atoms with Gasteiger partial charge in [0.1, 0.15) is 0 Å². The van der Waals surface area contributed by atoms with Crippen LogP contribution >= 0.6 is 11.3 Å². The number of benzene rings is 1. The molecule has 1 unspecified atom stereocenters. The second-order valence-electron chi connectivity index (χ2n) is 5.31. The first-order chi connectivity index (χ1) is 11.6. The Morgan fingerprint density at radius 2 is 2.08 bits per heavy atom. The number of aromatic nitrogens is 1. The number of rotatable bonds is 5. The number of nitrogens with zero attached hydrogens (tertiary/aromatic N) is 1. The van der Waals surface area contributed by atoms with E-state index in [1.807, 2.05) is 24.3 Å². The van der Waals surface area contributed by atoms with Crippen LogP contribution in [0.5, 0.6) is 0 Å². The first kappa shape index (κ1) is 16.2. The molecular weight excluding hydrogens is 328 g/mol. The van der Waals surface area contributed by atoms with Gasteiger partial charge in [0.05, 0.1) is 23.7 Å². The summed E-state index contributed by atoms with van der Waals surface area (Å²) in [5.41, 5.74) is 0.895. The summed E-state index contributed by atoms with van der Waals surface area (Å²) >= 11 is 1.50. The van der Waals surface area contributed by atoms with E-state index in [0.29, 0.717) is 5.76 Å². The molecule has 0 fully saturated rings. The van der Waals surface area contributed by atoms with Crippen LogP contribution in [0.15, 0.2) is 40.8 Å². The molecular formula is C17H16N2O4S. The Bertz CT molecular complexity index is 850. The van der Waals surface area contributed by atoms with Crippen molar-refractivity contribution in [1.29, 1.82) is 0 Å². The number of amides is 1. The molecule has 24 heavy (non-hydrogen) atoms. The Morgan fingerprint density at radius 3 is 2.83 bits per heavy atom. The smallest absolute Gasteiger partial charge is 0.307 e. The Labute approximate surface area is 142 Å². The molecule has 0 radical (unpaired) electrons. The zero-order valence-corrected chi connectivity index (χ0v) is 14.1. The lowest BCUT2D eigenvalue weighted by atomic mass is 10.2. The molecule has 7 heteroatoms. The minimum absolute atomic E-state index is 0.105. The van der Waals surface area contributed by atoms with Crippen LogP contribution in [0.4, 0.5) is 0 Å². The van der Waals surface area contributed by atoms with Gasteiger partial charge in [-0.15, -0.1) is 11.3 Å². The normalized spacial score (nSPS) is 12.1. The van der Waals surface area contributed by atoms with Gasteiger partial charge in [-0.05, 0) is 31.2 Å². The number of para-hydroxylation sites is 1. The molecule has 0 aliphatic heterocycles. The lowest BCUT2D eigenvalue weighted by Gasteiger charge is -2.10. The van der Waals surface area contributed by atoms with E-state index in [-0.39, 0.29) is 30.1 Å². The number of fused-ring (bicyclic) bond motifs is 1. The van der Waals surface area contributed by atoms with Crippen molar-refractivity contribution in [3.05, 3.63) is 42.2 Å². The van der Waals surface area contributed by atoms with Crippen LogP contribution in [0.3, 0.4) is 0 Å². The fourth-order valence-corrected chi connectivity index (χ4v) is 3.16. The van der Waals surface area contributed by atoms with Crippen molar-refractivity contribution in [3.8, 4) is 10.8 Å². The van der Waals surface area contributed by atoms with Crippen molar-refractivity contribution >= 4 is 33.4 Å². The van der Waals surface area contributed by atoms with Crippen molar-refractivity contribution in [2.45, 2.75) is 19.4 Å². The maximum Gasteiger partial charge on any atom is 0.307 e. The fourth-order valence-electron chi connectivity index (χ4n) is 2.23. The van der Waals surface area contributed by atoms with Crippen LogP contribution in [0.2, 0.25) is 0 Å². The van der Waals surface area contributed by atoms with Crippen LogP contribution in [-0.2, 0) is 9.53 Å². The van der Waals surface area contributed by atoms with E-state index in [2.05, 4.69) is 15.0 Å². The molecule has 1 N–H and O–H groups in total. The van der Waals surface area contributed by atoms with Gasteiger partial charge in [-0.2, -0.15) is 0 Å². The molecule has 0 aliphatic carbocycles. The van der Waals surface area contributed by atoms with Crippen LogP contribution in [0, 0.1) is 0 Å². The molecule has 1 amide bonds. The van der Waals surface area contributed by atoms with Gasteiger partial charge in [0.25, 0.3) is 5.91 Å². The summed E-state index contributed by atoms with van der Waals surface area (Å²) < 4.78 is 11.2. The lowest BCUT2D eigenvalue weighted by molar-refractivity contribution is -0.141. The van der Waals surface area contributed by atoms with Crippen molar-refractivity contribution in [2.24, 2.45) is 0 Å². The average molecular weight is 344 g/mol. The van der Waals surface area contributed by atoms with Gasteiger partial charge in [0, 0.05) is 6.04 Å². The quantitative estimate of drug-likeness (QED) is 0.719. The molecule has 6 nitrogen and oxygen atoms in total. The van der Waals surface area contributed by atoms with Crippen LogP contribution in [-0.4, -0.2) is 30.0 Å². The summed E-state index contributed by atoms with van der Waals surface area (Å²) in [4.78, 5) is 27.9. The van der Waals surface area contributed by atoms with Gasteiger partial charge in [0.15, 0.2) is 16.5 Å². The molecule has 0 bridgehead atoms. The lowest BCUT2D eigenvalue weighted by Crippen LogP contribution is -2.34. The van der Waals surface area contributed by atoms with Crippen LogP contribution in [0.1, 0.15) is 23.9 Å². The first-order valence-corrected chi connectivity index (χ1v) is 8.22. The van der Waals surface area contributed by atoms with Gasteiger partial charge >= 0.3 is 5.97 Å². The molecule has 124 valence electrons. The van der Waals surface area contributed by atoms with E-state index in [0.717, 1.165) is 15.2 Å². The van der Waals surface area contributed by atoms with Crippen molar-refractivity contribution in [1.82, 2.24) is 10.3 Å². The Balaban J connectivity index is 1.72. The van der Waals surface area contributed by atoms with E-state index in [9.17, 15) is 9.59 Å². The first-order valence-electron chi connectivity index (χ1n) is 7.40. The molecule has 3 rings (SSSR count). The molecule has 2 aromatic heterocycles. The third-order valence-electron chi connectivity index (χ3n) is 3.41. The maximum absolute atomic E-state index is 12.2. The third kappa shape index (κ3) is 3.46. The topological polar surface area (TPSA) is 81.4 Å². The van der Waals surface area contributed by atoms with Gasteiger partial charge in [-0.3, -0.25) is 9.59 Å². The fraction of sp³-hybridized carbons (Fsp3) is 0.235. The van der Waals surface area contributed by atoms with Crippen LogP contribution < -0.4 is 5.32 Å². The summed E-state index contributed by atoms with van der Waals surface area (Å²) in [5.74, 6) is -0.0286. The number of hydrogen-bond acceptors (Lipinski definition) is 6. The monoisotopic (exact) mass is 344 g/mol. The maximum atomic E-state index is 12.2. The minimum Gasteiger partial charge on any atom is -0.469 e. The minimum atomic E-state index is -0.377. The van der Waals surface area contributed by atoms with Gasteiger partial charge in [-0.1, -0.05) is 12.1 Å². The number of esters is 1. The van der Waals surface area contributed by atoms with E-state index in [1.165, 1.54) is 18.4 Å². The largest absolute Gasteiger partial charge is 0.469 e. The number of hydrogen-bond donors (Lipinski definition) is 1. The summed E-state index contributed by atoms with van der Waals surface area (Å²) in [6.07, 6.45) is 0.105. The Hall–Kier alpha value is -2.67. The Morgan fingerprint density at radius 1 is 1.29 bits per heavy atom. The van der Waals surface area contributed by atoms with E-state index >= 15 is 0 Å². The molecule has 1 aromatic carbocycles. The number of thiazole rings is 1. The molecule has 3 aromatic rings. The highest BCUT2D eigenvalue weighted by molar-refractivity contribution is 7.21. The molecule has 2 heterocycles. The van der Waals surface area contributed by atoms with Gasteiger partial charge in [-0.25, -0.2) is 4.98 Å². The van der Waals surface area contributed by atoms with Crippen molar-refractivity contribution < 1.29 is 18.7 Å². The number of ether oxygens (including phenoxy) is 1. The second-order valence-corrected chi connectivity index (χ2v) is 6.34. The average Bonchev–Trinajstić information content (AvgIpc) is 3.20. The molecule has 0 saturated heterocycles. The number of carbonyl (C=O) groups excluding carboxylic acids is 2. The zero-order chi connectivity index (χ0) is 17.1. The highest BCUT2D eigenvalue weighted by Gasteiger charge is 2.18. The number of methoxy groups -OCH3 is 1. The van der Waals surface area contributed by atoms with E-state index in [1.54, 1.807) is 19.1 Å². The summed E-state index contributed by atoms with van der Waals surface area (Å²) in [6, 6.07) is 10.8. The molecule has 1 atom stereocenters. The number of carbonyl (C=O) groups is 2. The zero-order valence-electron chi connectivity index (χ0n) is 13.2. The highest BCUT2D eigenvalue weighted by atomic mass is 32.1. The van der Waals surface area contributed by atoms with Crippen molar-refractivity contribution in [2.75, 3.05) is 7.11 Å². The number of furan rings is 1. The van der Waals surface area contributed by atoms with Crippen molar-refractivity contribution in [3.63, 3.8) is 0 Å². The standard InChI is InChI=1S/C17H16N2O4S/c1-10(9-15(20)22-2)18-16(21)12-7-8-13(23-12)17-19-11-5-3-4-6-14(11)24-17/h3-8,10H,9H2,1-2H3,(H,18,21). The van der Waals surface area contributed by atoms with Crippen LogP contribution in [0.25, 0.3) is 21.0 Å². The predicted octanol–water partition coefficient (Wildman–Crippen LogP) is 3.24. The third-order valence-corrected chi connectivity index (χ3v) is 4.46. The SMILES string of the molecule is COC(=O)CC(C)NC(=O)c1ccc(-c2nc3ccccc3s2)o1. The summed E-state index contributed by atoms with van der Waals surface area (Å²) in [7, 11) is 1.31. The summed E-state index contributed by atoms with van der Waals surface area (Å²) in [6.45, 7) is 1.73. The molecule has 0 aliphatic rings. The van der Waals surface area contributed by atoms with E-state index in [4.69, 9.17) is 4.42 Å². The molecule has 0 saturated carbocycles.